The lowest BCUT2D eigenvalue weighted by atomic mass is 10.0. The molecule has 0 spiro atoms. The first-order valence-corrected chi connectivity index (χ1v) is 7.24. The Morgan fingerprint density at radius 1 is 1.21 bits per heavy atom. The van der Waals surface area contributed by atoms with Crippen LogP contribution in [0, 0.1) is 0 Å². The van der Waals surface area contributed by atoms with Crippen LogP contribution in [0.25, 0.3) is 0 Å². The fourth-order valence-corrected chi connectivity index (χ4v) is 2.28. The molecule has 1 aromatic carbocycles. The van der Waals surface area contributed by atoms with E-state index in [1.165, 1.54) is 5.56 Å². The molecule has 0 amide bonds. The molecule has 0 aliphatic heterocycles. The molecule has 1 N–H and O–H groups in total. The van der Waals surface area contributed by atoms with Crippen molar-refractivity contribution in [1.29, 1.82) is 0 Å². The molecule has 19 heavy (non-hydrogen) atoms. The van der Waals surface area contributed by atoms with Crippen molar-refractivity contribution in [3.8, 4) is 5.75 Å². The normalized spacial score (nSPS) is 12.4. The molecule has 0 radical (unpaired) electrons. The maximum Gasteiger partial charge on any atom is 0.122 e. The van der Waals surface area contributed by atoms with E-state index in [0.717, 1.165) is 44.8 Å². The Morgan fingerprint density at radius 3 is 2.68 bits per heavy atom. The summed E-state index contributed by atoms with van der Waals surface area (Å²) in [5, 5.41) is 3.55. The van der Waals surface area contributed by atoms with Crippen molar-refractivity contribution in [1.82, 2.24) is 5.32 Å². The molecule has 3 nitrogen and oxygen atoms in total. The highest BCUT2D eigenvalue weighted by Gasteiger charge is 2.11. The zero-order valence-corrected chi connectivity index (χ0v) is 12.4. The number of rotatable bonds is 10. The van der Waals surface area contributed by atoms with Gasteiger partial charge >= 0.3 is 0 Å². The molecule has 0 aliphatic rings. The van der Waals surface area contributed by atoms with Crippen LogP contribution in [-0.4, -0.2) is 32.9 Å². The van der Waals surface area contributed by atoms with E-state index in [2.05, 4.69) is 24.4 Å². The van der Waals surface area contributed by atoms with E-state index in [9.17, 15) is 0 Å². The molecule has 0 saturated carbocycles. The van der Waals surface area contributed by atoms with Crippen LogP contribution in [0.3, 0.4) is 0 Å². The Morgan fingerprint density at radius 2 is 2.00 bits per heavy atom. The molecule has 1 atom stereocenters. The monoisotopic (exact) mass is 265 g/mol. The number of para-hydroxylation sites is 1. The van der Waals surface area contributed by atoms with Gasteiger partial charge in [-0.3, -0.25) is 0 Å². The third-order valence-electron chi connectivity index (χ3n) is 3.20. The molecule has 1 unspecified atom stereocenters. The number of methoxy groups -OCH3 is 1. The van der Waals surface area contributed by atoms with Gasteiger partial charge in [0.05, 0.1) is 7.11 Å². The van der Waals surface area contributed by atoms with Crippen molar-refractivity contribution in [2.45, 2.75) is 39.2 Å². The van der Waals surface area contributed by atoms with Crippen molar-refractivity contribution in [3.05, 3.63) is 29.8 Å². The summed E-state index contributed by atoms with van der Waals surface area (Å²) in [4.78, 5) is 0. The summed E-state index contributed by atoms with van der Waals surface area (Å²) in [5.41, 5.74) is 1.27. The van der Waals surface area contributed by atoms with Gasteiger partial charge in [-0.25, -0.2) is 0 Å². The Bertz CT molecular complexity index is 341. The number of hydrogen-bond acceptors (Lipinski definition) is 3. The van der Waals surface area contributed by atoms with Gasteiger partial charge in [0.25, 0.3) is 0 Å². The van der Waals surface area contributed by atoms with Gasteiger partial charge in [-0.1, -0.05) is 25.1 Å². The van der Waals surface area contributed by atoms with E-state index in [1.54, 1.807) is 7.11 Å². The average Bonchev–Trinajstić information content (AvgIpc) is 2.44. The average molecular weight is 265 g/mol. The van der Waals surface area contributed by atoms with E-state index in [-0.39, 0.29) is 0 Å². The van der Waals surface area contributed by atoms with Crippen LogP contribution in [-0.2, 0) is 11.2 Å². The molecule has 0 fully saturated rings. The Balaban J connectivity index is 2.51. The predicted octanol–water partition coefficient (Wildman–Crippen LogP) is 3.03. The Hall–Kier alpha value is -1.06. The molecule has 108 valence electrons. The summed E-state index contributed by atoms with van der Waals surface area (Å²) in [6.45, 7) is 6.84. The first kappa shape index (κ1) is 16.0. The lowest BCUT2D eigenvalue weighted by molar-refractivity contribution is 0.141. The van der Waals surface area contributed by atoms with Crippen LogP contribution in [0.4, 0.5) is 0 Å². The first-order chi connectivity index (χ1) is 9.31. The Kier molecular flexibility index (Phi) is 8.26. The highest BCUT2D eigenvalue weighted by Crippen LogP contribution is 2.20. The van der Waals surface area contributed by atoms with Crippen LogP contribution in [0.1, 0.15) is 32.3 Å². The summed E-state index contributed by atoms with van der Waals surface area (Å²) in [6.07, 6.45) is 3.23. The van der Waals surface area contributed by atoms with Crippen molar-refractivity contribution in [2.24, 2.45) is 0 Å². The Labute approximate surface area is 117 Å². The highest BCUT2D eigenvalue weighted by atomic mass is 16.5. The summed E-state index contributed by atoms with van der Waals surface area (Å²) >= 11 is 0. The fourth-order valence-electron chi connectivity index (χ4n) is 2.28. The zero-order chi connectivity index (χ0) is 13.9. The topological polar surface area (TPSA) is 30.5 Å². The minimum atomic E-state index is 0.488. The molecular weight excluding hydrogens is 238 g/mol. The van der Waals surface area contributed by atoms with E-state index < -0.39 is 0 Å². The molecule has 1 rings (SSSR count). The fraction of sp³-hybridized carbons (Fsp3) is 0.625. The number of benzene rings is 1. The van der Waals surface area contributed by atoms with Crippen LogP contribution in [0.5, 0.6) is 5.75 Å². The van der Waals surface area contributed by atoms with Gasteiger partial charge in [0.15, 0.2) is 0 Å². The van der Waals surface area contributed by atoms with Crippen molar-refractivity contribution >= 4 is 0 Å². The standard InChI is InChI=1S/C16H27NO2/c1-4-17-15(10-8-12-19-5-2)13-14-9-6-7-11-16(14)18-3/h6-7,9,11,15,17H,4-5,8,10,12-13H2,1-3H3. The quantitative estimate of drug-likeness (QED) is 0.660. The second-order valence-electron chi connectivity index (χ2n) is 4.61. The van der Waals surface area contributed by atoms with E-state index in [4.69, 9.17) is 9.47 Å². The van der Waals surface area contributed by atoms with Crippen molar-refractivity contribution < 1.29 is 9.47 Å². The summed E-state index contributed by atoms with van der Waals surface area (Å²) in [7, 11) is 1.73. The molecule has 0 heterocycles. The van der Waals surface area contributed by atoms with Crippen LogP contribution in [0.2, 0.25) is 0 Å². The van der Waals surface area contributed by atoms with Crippen LogP contribution in [0.15, 0.2) is 24.3 Å². The third kappa shape index (κ3) is 6.08. The van der Waals surface area contributed by atoms with Gasteiger partial charge < -0.3 is 14.8 Å². The van der Waals surface area contributed by atoms with Crippen LogP contribution < -0.4 is 10.1 Å². The minimum absolute atomic E-state index is 0.488. The summed E-state index contributed by atoms with van der Waals surface area (Å²) in [5.74, 6) is 0.982. The highest BCUT2D eigenvalue weighted by molar-refractivity contribution is 5.33. The maximum atomic E-state index is 5.41. The predicted molar refractivity (Wildman–Crippen MR) is 79.9 cm³/mol. The lowest BCUT2D eigenvalue weighted by Crippen LogP contribution is -2.31. The molecule has 0 saturated heterocycles. The van der Waals surface area contributed by atoms with Crippen molar-refractivity contribution in [2.75, 3.05) is 26.9 Å². The molecular formula is C16H27NO2. The smallest absolute Gasteiger partial charge is 0.122 e. The van der Waals surface area contributed by atoms with Gasteiger partial charge in [-0.05, 0) is 44.4 Å². The first-order valence-electron chi connectivity index (χ1n) is 7.24. The van der Waals surface area contributed by atoms with E-state index in [0.29, 0.717) is 6.04 Å². The van der Waals surface area contributed by atoms with E-state index in [1.807, 2.05) is 19.1 Å². The SMILES string of the molecule is CCNC(CCCOCC)Cc1ccccc1OC. The minimum Gasteiger partial charge on any atom is -0.496 e. The number of nitrogens with one attached hydrogen (secondary N) is 1. The third-order valence-corrected chi connectivity index (χ3v) is 3.20. The molecule has 0 bridgehead atoms. The lowest BCUT2D eigenvalue weighted by Gasteiger charge is -2.19. The summed E-state index contributed by atoms with van der Waals surface area (Å²) < 4.78 is 10.8. The molecule has 0 aliphatic carbocycles. The number of ether oxygens (including phenoxy) is 2. The van der Waals surface area contributed by atoms with Gasteiger partial charge in [-0.15, -0.1) is 0 Å². The van der Waals surface area contributed by atoms with Gasteiger partial charge in [0.1, 0.15) is 5.75 Å². The second-order valence-corrected chi connectivity index (χ2v) is 4.61. The second kappa shape index (κ2) is 9.82. The molecule has 0 aromatic heterocycles. The number of likely N-dealkylation sites (N-methyl/N-ethyl adjacent to an activating group) is 1. The summed E-state index contributed by atoms with van der Waals surface area (Å²) in [6, 6.07) is 8.74. The number of hydrogen-bond donors (Lipinski definition) is 1. The largest absolute Gasteiger partial charge is 0.496 e. The van der Waals surface area contributed by atoms with Crippen LogP contribution >= 0.6 is 0 Å². The molecule has 3 heteroatoms. The van der Waals surface area contributed by atoms with Gasteiger partial charge in [0.2, 0.25) is 0 Å². The van der Waals surface area contributed by atoms with Gasteiger partial charge in [0, 0.05) is 19.3 Å². The zero-order valence-electron chi connectivity index (χ0n) is 12.4. The molecule has 1 aromatic rings. The van der Waals surface area contributed by atoms with Gasteiger partial charge in [-0.2, -0.15) is 0 Å². The van der Waals surface area contributed by atoms with E-state index >= 15 is 0 Å². The maximum absolute atomic E-state index is 5.41. The van der Waals surface area contributed by atoms with Crippen molar-refractivity contribution in [3.63, 3.8) is 0 Å².